The van der Waals surface area contributed by atoms with Gasteiger partial charge in [-0.1, -0.05) is 29.8 Å². The molecular weight excluding hydrogens is 372 g/mol. The molecule has 1 amide bonds. The van der Waals surface area contributed by atoms with Crippen molar-refractivity contribution >= 4 is 38.9 Å². The Morgan fingerprint density at radius 3 is 2.50 bits per heavy atom. The molecule has 0 aliphatic carbocycles. The number of hydrogen-bond acceptors (Lipinski definition) is 3. The van der Waals surface area contributed by atoms with E-state index in [2.05, 4.69) is 5.32 Å². The van der Waals surface area contributed by atoms with Crippen LogP contribution in [0.3, 0.4) is 0 Å². The maximum Gasteiger partial charge on any atom is 0.232 e. The number of sulfonamides is 1. The molecule has 0 bridgehead atoms. The van der Waals surface area contributed by atoms with Gasteiger partial charge in [-0.3, -0.25) is 9.10 Å². The first-order valence-corrected chi connectivity index (χ1v) is 10.5. The van der Waals surface area contributed by atoms with E-state index in [-0.39, 0.29) is 18.9 Å². The average Bonchev–Trinajstić information content (AvgIpc) is 2.54. The van der Waals surface area contributed by atoms with Crippen molar-refractivity contribution in [2.45, 2.75) is 26.7 Å². The highest BCUT2D eigenvalue weighted by Gasteiger charge is 2.17. The second kappa shape index (κ2) is 8.56. The van der Waals surface area contributed by atoms with Gasteiger partial charge in [-0.15, -0.1) is 0 Å². The number of amides is 1. The SMILES string of the molecule is Cc1cccc(N(CCCC(=O)Nc2ccc(C)c(Cl)c2)S(C)(=O)=O)c1. The molecule has 0 fully saturated rings. The second-order valence-corrected chi connectivity index (χ2v) is 8.60. The smallest absolute Gasteiger partial charge is 0.232 e. The van der Waals surface area contributed by atoms with Gasteiger partial charge in [0.2, 0.25) is 15.9 Å². The summed E-state index contributed by atoms with van der Waals surface area (Å²) in [6, 6.07) is 12.6. The summed E-state index contributed by atoms with van der Waals surface area (Å²) in [6.45, 7) is 4.04. The van der Waals surface area contributed by atoms with Gasteiger partial charge in [-0.05, 0) is 55.7 Å². The van der Waals surface area contributed by atoms with E-state index in [1.807, 2.05) is 38.1 Å². The fourth-order valence-electron chi connectivity index (χ4n) is 2.55. The summed E-state index contributed by atoms with van der Waals surface area (Å²) in [7, 11) is -3.42. The molecule has 5 nitrogen and oxygen atoms in total. The molecule has 140 valence electrons. The fraction of sp³-hybridized carbons (Fsp3) is 0.316. The van der Waals surface area contributed by atoms with Crippen LogP contribution in [-0.4, -0.2) is 27.1 Å². The molecule has 2 aromatic rings. The summed E-state index contributed by atoms with van der Waals surface area (Å²) in [6.07, 6.45) is 1.79. The molecule has 0 unspecified atom stereocenters. The lowest BCUT2D eigenvalue weighted by Crippen LogP contribution is -2.31. The summed E-state index contributed by atoms with van der Waals surface area (Å²) in [5.41, 5.74) is 3.15. The maximum atomic E-state index is 12.1. The maximum absolute atomic E-state index is 12.1. The van der Waals surface area contributed by atoms with E-state index >= 15 is 0 Å². The Kier molecular flexibility index (Phi) is 6.67. The lowest BCUT2D eigenvalue weighted by molar-refractivity contribution is -0.116. The van der Waals surface area contributed by atoms with Gasteiger partial charge in [-0.25, -0.2) is 8.42 Å². The minimum atomic E-state index is -3.42. The number of hydrogen-bond donors (Lipinski definition) is 1. The molecule has 1 N–H and O–H groups in total. The van der Waals surface area contributed by atoms with Crippen LogP contribution in [0.15, 0.2) is 42.5 Å². The first kappa shape index (κ1) is 20.3. The molecule has 0 radical (unpaired) electrons. The molecule has 0 saturated heterocycles. The lowest BCUT2D eigenvalue weighted by Gasteiger charge is -2.22. The molecule has 0 aromatic heterocycles. The highest BCUT2D eigenvalue weighted by Crippen LogP contribution is 2.21. The van der Waals surface area contributed by atoms with Crippen molar-refractivity contribution in [2.75, 3.05) is 22.4 Å². The Morgan fingerprint density at radius 1 is 1.15 bits per heavy atom. The molecule has 0 saturated carbocycles. The summed E-state index contributed by atoms with van der Waals surface area (Å²) in [5.74, 6) is -0.178. The zero-order valence-electron chi connectivity index (χ0n) is 15.1. The Balaban J connectivity index is 1.96. The van der Waals surface area contributed by atoms with E-state index < -0.39 is 10.0 Å². The van der Waals surface area contributed by atoms with Crippen LogP contribution >= 0.6 is 11.6 Å². The van der Waals surface area contributed by atoms with Crippen LogP contribution in [0.25, 0.3) is 0 Å². The van der Waals surface area contributed by atoms with Gasteiger partial charge in [0.1, 0.15) is 0 Å². The Bertz CT molecular complexity index is 897. The van der Waals surface area contributed by atoms with Crippen LogP contribution in [0.2, 0.25) is 5.02 Å². The number of nitrogens with zero attached hydrogens (tertiary/aromatic N) is 1. The number of carbonyl (C=O) groups excluding carboxylic acids is 1. The van der Waals surface area contributed by atoms with Crippen molar-refractivity contribution in [1.82, 2.24) is 0 Å². The normalized spacial score (nSPS) is 11.2. The van der Waals surface area contributed by atoms with E-state index in [4.69, 9.17) is 11.6 Å². The number of aryl methyl sites for hydroxylation is 2. The molecule has 0 atom stereocenters. The van der Waals surface area contributed by atoms with E-state index in [9.17, 15) is 13.2 Å². The van der Waals surface area contributed by atoms with Gasteiger partial charge in [0.05, 0.1) is 11.9 Å². The topological polar surface area (TPSA) is 66.5 Å². The van der Waals surface area contributed by atoms with Crippen molar-refractivity contribution in [3.8, 4) is 0 Å². The molecule has 26 heavy (non-hydrogen) atoms. The van der Waals surface area contributed by atoms with Crippen LogP contribution in [0, 0.1) is 13.8 Å². The van der Waals surface area contributed by atoms with E-state index in [1.165, 1.54) is 10.6 Å². The van der Waals surface area contributed by atoms with Gasteiger partial charge in [0.25, 0.3) is 0 Å². The van der Waals surface area contributed by atoms with Gasteiger partial charge >= 0.3 is 0 Å². The minimum absolute atomic E-state index is 0.178. The molecule has 0 aliphatic heterocycles. The molecule has 0 spiro atoms. The van der Waals surface area contributed by atoms with Crippen LogP contribution < -0.4 is 9.62 Å². The third-order valence-electron chi connectivity index (χ3n) is 3.91. The highest BCUT2D eigenvalue weighted by molar-refractivity contribution is 7.92. The predicted molar refractivity (Wildman–Crippen MR) is 107 cm³/mol. The zero-order chi connectivity index (χ0) is 19.3. The third kappa shape index (κ3) is 5.75. The average molecular weight is 395 g/mol. The molecule has 0 aliphatic rings. The quantitative estimate of drug-likeness (QED) is 0.767. The van der Waals surface area contributed by atoms with Crippen LogP contribution in [-0.2, 0) is 14.8 Å². The zero-order valence-corrected chi connectivity index (χ0v) is 16.7. The molecule has 7 heteroatoms. The van der Waals surface area contributed by atoms with Crippen LogP contribution in [0.1, 0.15) is 24.0 Å². The second-order valence-electron chi connectivity index (χ2n) is 6.29. The highest BCUT2D eigenvalue weighted by atomic mass is 35.5. The number of carbonyl (C=O) groups is 1. The Hall–Kier alpha value is -2.05. The summed E-state index contributed by atoms with van der Waals surface area (Å²) in [5, 5.41) is 3.37. The van der Waals surface area contributed by atoms with E-state index in [0.717, 1.165) is 11.1 Å². The molecule has 2 rings (SSSR count). The Labute approximate surface area is 160 Å². The summed E-state index contributed by atoms with van der Waals surface area (Å²) in [4.78, 5) is 12.1. The van der Waals surface area contributed by atoms with Crippen molar-refractivity contribution in [1.29, 1.82) is 0 Å². The van der Waals surface area contributed by atoms with Crippen molar-refractivity contribution in [2.24, 2.45) is 0 Å². The largest absolute Gasteiger partial charge is 0.326 e. The number of nitrogens with one attached hydrogen (secondary N) is 1. The van der Waals surface area contributed by atoms with Crippen molar-refractivity contribution in [3.63, 3.8) is 0 Å². The van der Waals surface area contributed by atoms with Gasteiger partial charge in [-0.2, -0.15) is 0 Å². The first-order chi connectivity index (χ1) is 12.2. The predicted octanol–water partition coefficient (Wildman–Crippen LogP) is 4.14. The minimum Gasteiger partial charge on any atom is -0.326 e. The van der Waals surface area contributed by atoms with Crippen LogP contribution in [0.5, 0.6) is 0 Å². The third-order valence-corrected chi connectivity index (χ3v) is 5.51. The first-order valence-electron chi connectivity index (χ1n) is 8.27. The molecule has 0 heterocycles. The van der Waals surface area contributed by atoms with E-state index in [0.29, 0.717) is 22.8 Å². The monoisotopic (exact) mass is 394 g/mol. The number of rotatable bonds is 7. The Morgan fingerprint density at radius 2 is 1.88 bits per heavy atom. The number of halogens is 1. The number of anilines is 2. The van der Waals surface area contributed by atoms with E-state index in [1.54, 1.807) is 18.2 Å². The summed E-state index contributed by atoms with van der Waals surface area (Å²) < 4.78 is 25.5. The molecule has 2 aromatic carbocycles. The van der Waals surface area contributed by atoms with Crippen molar-refractivity contribution < 1.29 is 13.2 Å². The summed E-state index contributed by atoms with van der Waals surface area (Å²) >= 11 is 6.05. The van der Waals surface area contributed by atoms with Gasteiger partial charge in [0, 0.05) is 23.7 Å². The fourth-order valence-corrected chi connectivity index (χ4v) is 3.68. The number of benzene rings is 2. The lowest BCUT2D eigenvalue weighted by atomic mass is 10.2. The van der Waals surface area contributed by atoms with Crippen LogP contribution in [0.4, 0.5) is 11.4 Å². The van der Waals surface area contributed by atoms with Gasteiger partial charge in [0.15, 0.2) is 0 Å². The standard InChI is InChI=1S/C19H23ClN2O3S/c1-14-6-4-7-17(12-14)22(26(3,24)25)11-5-8-19(23)21-16-10-9-15(2)18(20)13-16/h4,6-7,9-10,12-13H,5,8,11H2,1-3H3,(H,21,23). The van der Waals surface area contributed by atoms with Gasteiger partial charge < -0.3 is 5.32 Å². The molecular formula is C19H23ClN2O3S. The van der Waals surface area contributed by atoms with Crippen molar-refractivity contribution in [3.05, 3.63) is 58.6 Å².